The van der Waals surface area contributed by atoms with Gasteiger partial charge in [-0.1, -0.05) is 62.7 Å². The fraction of sp³-hybridized carbons (Fsp3) is 0.545. The molecule has 2 aliphatic heterocycles. The van der Waals surface area contributed by atoms with Crippen molar-refractivity contribution < 1.29 is 22.7 Å². The van der Waals surface area contributed by atoms with E-state index in [-0.39, 0.29) is 23.5 Å². The Bertz CT molecular complexity index is 958. The molecule has 1 unspecified atom stereocenters. The van der Waals surface area contributed by atoms with Crippen molar-refractivity contribution in [3.05, 3.63) is 28.7 Å². The quantitative estimate of drug-likeness (QED) is 0.277. The standard InChI is InChI=1S/C22H29NO5S3/c1-3-4-5-6-7-11-28-18-9-8-16(13-19(18)27-2)14-20-21(24)23(22(29)30-20)17-10-12-31(25,26)15-17/h8-9,13-14,17H,3-7,10-12,15H2,1-2H3/b20-14+. The van der Waals surface area contributed by atoms with Gasteiger partial charge in [-0.25, -0.2) is 8.42 Å². The number of sulfone groups is 1. The van der Waals surface area contributed by atoms with E-state index in [0.717, 1.165) is 18.4 Å². The van der Waals surface area contributed by atoms with Crippen LogP contribution < -0.4 is 9.47 Å². The number of rotatable bonds is 10. The molecule has 1 aromatic carbocycles. The highest BCUT2D eigenvalue weighted by molar-refractivity contribution is 8.26. The largest absolute Gasteiger partial charge is 0.493 e. The summed E-state index contributed by atoms with van der Waals surface area (Å²) in [5, 5.41) is 0. The minimum absolute atomic E-state index is 0.0228. The molecule has 3 rings (SSSR count). The van der Waals surface area contributed by atoms with Crippen molar-refractivity contribution in [2.24, 2.45) is 0 Å². The lowest BCUT2D eigenvalue weighted by Gasteiger charge is -2.20. The van der Waals surface area contributed by atoms with Crippen LogP contribution in [0.1, 0.15) is 51.0 Å². The van der Waals surface area contributed by atoms with Crippen molar-refractivity contribution in [2.75, 3.05) is 25.2 Å². The molecule has 2 saturated heterocycles. The molecule has 1 atom stereocenters. The maximum Gasteiger partial charge on any atom is 0.266 e. The molecule has 6 nitrogen and oxygen atoms in total. The Hall–Kier alpha value is -1.58. The van der Waals surface area contributed by atoms with E-state index in [2.05, 4.69) is 6.92 Å². The van der Waals surface area contributed by atoms with Crippen LogP contribution in [-0.2, 0) is 14.6 Å². The number of amides is 1. The Kier molecular flexibility index (Phi) is 8.41. The zero-order valence-electron chi connectivity index (χ0n) is 18.0. The van der Waals surface area contributed by atoms with Gasteiger partial charge in [0.2, 0.25) is 0 Å². The Morgan fingerprint density at radius 3 is 2.68 bits per heavy atom. The highest BCUT2D eigenvalue weighted by atomic mass is 32.2. The first kappa shape index (κ1) is 24.1. The van der Waals surface area contributed by atoms with E-state index < -0.39 is 9.84 Å². The predicted molar refractivity (Wildman–Crippen MR) is 129 cm³/mol. The van der Waals surface area contributed by atoms with E-state index in [1.165, 1.54) is 35.9 Å². The summed E-state index contributed by atoms with van der Waals surface area (Å²) < 4.78 is 35.3. The molecule has 0 radical (unpaired) electrons. The van der Waals surface area contributed by atoms with Crippen molar-refractivity contribution >= 4 is 50.1 Å². The second-order valence-electron chi connectivity index (χ2n) is 7.78. The average molecular weight is 484 g/mol. The van der Waals surface area contributed by atoms with Crippen LogP contribution >= 0.6 is 24.0 Å². The monoisotopic (exact) mass is 483 g/mol. The van der Waals surface area contributed by atoms with Crippen LogP contribution in [0.4, 0.5) is 0 Å². The lowest BCUT2D eigenvalue weighted by molar-refractivity contribution is -0.123. The van der Waals surface area contributed by atoms with Crippen LogP contribution in [0.25, 0.3) is 6.08 Å². The summed E-state index contributed by atoms with van der Waals surface area (Å²) in [5.74, 6) is 1.14. The van der Waals surface area contributed by atoms with Gasteiger partial charge >= 0.3 is 0 Å². The van der Waals surface area contributed by atoms with Gasteiger partial charge in [0.1, 0.15) is 4.32 Å². The van der Waals surface area contributed by atoms with Gasteiger partial charge in [0, 0.05) is 0 Å². The Morgan fingerprint density at radius 2 is 2.00 bits per heavy atom. The maximum absolute atomic E-state index is 12.9. The Balaban J connectivity index is 1.66. The lowest BCUT2D eigenvalue weighted by Crippen LogP contribution is -2.39. The molecule has 0 spiro atoms. The normalized spacial score (nSPS) is 21.8. The molecule has 0 bridgehead atoms. The first-order valence-electron chi connectivity index (χ1n) is 10.6. The fourth-order valence-corrected chi connectivity index (χ4v) is 6.81. The highest BCUT2D eigenvalue weighted by Crippen LogP contribution is 2.37. The Labute approximate surface area is 194 Å². The van der Waals surface area contributed by atoms with Crippen LogP contribution in [0.5, 0.6) is 11.5 Å². The van der Waals surface area contributed by atoms with E-state index in [1.807, 2.05) is 18.2 Å². The van der Waals surface area contributed by atoms with Gasteiger partial charge in [-0.05, 0) is 36.6 Å². The van der Waals surface area contributed by atoms with Crippen molar-refractivity contribution in [2.45, 2.75) is 51.5 Å². The number of carbonyl (C=O) groups excluding carboxylic acids is 1. The van der Waals surface area contributed by atoms with E-state index in [9.17, 15) is 13.2 Å². The molecule has 0 aromatic heterocycles. The number of hydrogen-bond donors (Lipinski definition) is 0. The number of nitrogens with zero attached hydrogens (tertiary/aromatic N) is 1. The topological polar surface area (TPSA) is 72.9 Å². The first-order chi connectivity index (χ1) is 14.8. The third-order valence-corrected chi connectivity index (χ3v) is 8.47. The van der Waals surface area contributed by atoms with Gasteiger partial charge in [0.05, 0.1) is 36.2 Å². The van der Waals surface area contributed by atoms with Crippen LogP contribution in [0, 0.1) is 0 Å². The molecule has 1 amide bonds. The molecule has 2 fully saturated rings. The van der Waals surface area contributed by atoms with E-state index in [0.29, 0.717) is 33.8 Å². The number of carbonyl (C=O) groups is 1. The molecule has 0 saturated carbocycles. The summed E-state index contributed by atoms with van der Waals surface area (Å²) in [5.41, 5.74) is 0.798. The molecule has 170 valence electrons. The molecular formula is C22H29NO5S3. The number of thiocarbonyl (C=S) groups is 1. The second kappa shape index (κ2) is 10.8. The number of hydrogen-bond acceptors (Lipinski definition) is 7. The molecule has 0 aliphatic carbocycles. The maximum atomic E-state index is 12.9. The summed E-state index contributed by atoms with van der Waals surface area (Å²) in [6, 6.07) is 5.19. The van der Waals surface area contributed by atoms with Crippen molar-refractivity contribution in [3.63, 3.8) is 0 Å². The number of thioether (sulfide) groups is 1. The summed E-state index contributed by atoms with van der Waals surface area (Å²) >= 11 is 6.57. The molecule has 0 N–H and O–H groups in total. The van der Waals surface area contributed by atoms with Gasteiger partial charge in [-0.15, -0.1) is 0 Å². The lowest BCUT2D eigenvalue weighted by atomic mass is 10.1. The molecule has 1 aromatic rings. The molecule has 31 heavy (non-hydrogen) atoms. The third kappa shape index (κ3) is 6.23. The fourth-order valence-electron chi connectivity index (χ4n) is 3.71. The first-order valence-corrected chi connectivity index (χ1v) is 13.7. The predicted octanol–water partition coefficient (Wildman–Crippen LogP) is 4.43. The molecular weight excluding hydrogens is 454 g/mol. The smallest absolute Gasteiger partial charge is 0.266 e. The average Bonchev–Trinajstić information content (AvgIpc) is 3.22. The van der Waals surface area contributed by atoms with E-state index >= 15 is 0 Å². The third-order valence-electron chi connectivity index (χ3n) is 5.39. The molecule has 2 heterocycles. The number of unbranched alkanes of at least 4 members (excludes halogenated alkanes) is 4. The number of ether oxygens (including phenoxy) is 2. The summed E-state index contributed by atoms with van der Waals surface area (Å²) in [4.78, 5) is 14.8. The van der Waals surface area contributed by atoms with Gasteiger partial charge < -0.3 is 9.47 Å². The van der Waals surface area contributed by atoms with Gasteiger partial charge in [-0.3, -0.25) is 9.69 Å². The van der Waals surface area contributed by atoms with E-state index in [1.54, 1.807) is 13.2 Å². The Morgan fingerprint density at radius 1 is 1.23 bits per heavy atom. The van der Waals surface area contributed by atoms with Crippen LogP contribution in [0.3, 0.4) is 0 Å². The zero-order valence-corrected chi connectivity index (χ0v) is 20.4. The SMILES string of the molecule is CCCCCCCOc1ccc(/C=C2/SC(=S)N(C3CCS(=O)(=O)C3)C2=O)cc1OC. The number of benzene rings is 1. The second-order valence-corrected chi connectivity index (χ2v) is 11.7. The van der Waals surface area contributed by atoms with Crippen LogP contribution in [0.15, 0.2) is 23.1 Å². The van der Waals surface area contributed by atoms with Gasteiger partial charge in [-0.2, -0.15) is 0 Å². The number of methoxy groups -OCH3 is 1. The van der Waals surface area contributed by atoms with Crippen LogP contribution in [0.2, 0.25) is 0 Å². The van der Waals surface area contributed by atoms with E-state index in [4.69, 9.17) is 21.7 Å². The zero-order chi connectivity index (χ0) is 22.4. The summed E-state index contributed by atoms with van der Waals surface area (Å²) in [7, 11) is -1.51. The molecule has 9 heteroatoms. The highest BCUT2D eigenvalue weighted by Gasteiger charge is 2.42. The minimum atomic E-state index is -3.10. The van der Waals surface area contributed by atoms with Crippen LogP contribution in [-0.4, -0.2) is 54.8 Å². The summed E-state index contributed by atoms with van der Waals surface area (Å²) in [6.45, 7) is 2.84. The van der Waals surface area contributed by atoms with Crippen molar-refractivity contribution in [1.82, 2.24) is 4.90 Å². The summed E-state index contributed by atoms with van der Waals surface area (Å²) in [6.07, 6.45) is 8.04. The molecule has 2 aliphatic rings. The van der Waals surface area contributed by atoms with Crippen molar-refractivity contribution in [3.8, 4) is 11.5 Å². The van der Waals surface area contributed by atoms with Gasteiger partial charge in [0.25, 0.3) is 5.91 Å². The minimum Gasteiger partial charge on any atom is -0.493 e. The van der Waals surface area contributed by atoms with Gasteiger partial charge in [0.15, 0.2) is 21.3 Å². The van der Waals surface area contributed by atoms with Crippen molar-refractivity contribution in [1.29, 1.82) is 0 Å².